The molecule has 0 aliphatic rings. The number of rotatable bonds is 9. The first kappa shape index (κ1) is 20.2. The molecule has 8 nitrogen and oxygen atoms in total. The van der Waals surface area contributed by atoms with E-state index in [2.05, 4.69) is 0 Å². The van der Waals surface area contributed by atoms with Crippen LogP contribution in [0.3, 0.4) is 0 Å². The normalized spacial score (nSPS) is 10.9. The van der Waals surface area contributed by atoms with Crippen molar-refractivity contribution in [3.8, 4) is 0 Å². The quantitative estimate of drug-likeness (QED) is 0.504. The average molecular weight is 319 g/mol. The van der Waals surface area contributed by atoms with E-state index in [1.165, 1.54) is 4.90 Å². The maximum atomic E-state index is 12.0. The molecule has 0 bridgehead atoms. The minimum atomic E-state index is -1.09. The molecule has 22 heavy (non-hydrogen) atoms. The number of hydrogen-bond donors (Lipinski definition) is 1. The SMILES string of the molecule is CCOC(=O)CCN(CCOCC(=O)O)C(=O)OC(C)(C)C. The van der Waals surface area contributed by atoms with Crippen molar-refractivity contribution in [1.82, 2.24) is 4.90 Å². The number of amides is 1. The second-order valence-electron chi connectivity index (χ2n) is 5.47. The van der Waals surface area contributed by atoms with E-state index in [9.17, 15) is 14.4 Å². The number of carbonyl (C=O) groups excluding carboxylic acids is 2. The Balaban J connectivity index is 4.44. The van der Waals surface area contributed by atoms with Gasteiger partial charge in [0.05, 0.1) is 19.6 Å². The zero-order chi connectivity index (χ0) is 17.2. The zero-order valence-electron chi connectivity index (χ0n) is 13.6. The Kier molecular flexibility index (Phi) is 9.16. The Morgan fingerprint density at radius 1 is 1.14 bits per heavy atom. The van der Waals surface area contributed by atoms with Crippen LogP contribution in [0, 0.1) is 0 Å². The fourth-order valence-electron chi connectivity index (χ4n) is 1.41. The fraction of sp³-hybridized carbons (Fsp3) is 0.786. The van der Waals surface area contributed by atoms with Gasteiger partial charge in [-0.25, -0.2) is 9.59 Å². The average Bonchev–Trinajstić information content (AvgIpc) is 2.35. The van der Waals surface area contributed by atoms with E-state index in [1.54, 1.807) is 27.7 Å². The Labute approximate surface area is 130 Å². The van der Waals surface area contributed by atoms with Crippen LogP contribution in [0.25, 0.3) is 0 Å². The summed E-state index contributed by atoms with van der Waals surface area (Å²) in [6.07, 6.45) is -0.554. The summed E-state index contributed by atoms with van der Waals surface area (Å²) in [7, 11) is 0. The second kappa shape index (κ2) is 9.99. The molecule has 0 fully saturated rings. The first-order valence-corrected chi connectivity index (χ1v) is 7.08. The summed E-state index contributed by atoms with van der Waals surface area (Å²) < 4.78 is 14.9. The molecule has 0 heterocycles. The zero-order valence-corrected chi connectivity index (χ0v) is 13.6. The van der Waals surface area contributed by atoms with Gasteiger partial charge in [0.1, 0.15) is 12.2 Å². The number of aliphatic carboxylic acids is 1. The van der Waals surface area contributed by atoms with Crippen LogP contribution in [0.15, 0.2) is 0 Å². The second-order valence-corrected chi connectivity index (χ2v) is 5.47. The fourth-order valence-corrected chi connectivity index (χ4v) is 1.41. The van der Waals surface area contributed by atoms with Crippen LogP contribution in [0.4, 0.5) is 4.79 Å². The number of carbonyl (C=O) groups is 3. The molecule has 1 amide bonds. The first-order chi connectivity index (χ1) is 10.2. The van der Waals surface area contributed by atoms with Crippen molar-refractivity contribution < 1.29 is 33.7 Å². The van der Waals surface area contributed by atoms with E-state index >= 15 is 0 Å². The highest BCUT2D eigenvalue weighted by molar-refractivity contribution is 5.72. The smallest absolute Gasteiger partial charge is 0.410 e. The molecular weight excluding hydrogens is 294 g/mol. The molecule has 0 saturated heterocycles. The van der Waals surface area contributed by atoms with Gasteiger partial charge in [-0.3, -0.25) is 4.79 Å². The van der Waals surface area contributed by atoms with E-state index in [0.717, 1.165) is 0 Å². The molecule has 0 saturated carbocycles. The molecule has 0 atom stereocenters. The highest BCUT2D eigenvalue weighted by Gasteiger charge is 2.22. The summed E-state index contributed by atoms with van der Waals surface area (Å²) in [5.41, 5.74) is -0.665. The maximum Gasteiger partial charge on any atom is 0.410 e. The molecule has 0 spiro atoms. The molecule has 0 aliphatic carbocycles. The van der Waals surface area contributed by atoms with Gasteiger partial charge in [-0.1, -0.05) is 0 Å². The van der Waals surface area contributed by atoms with Gasteiger partial charge in [-0.05, 0) is 27.7 Å². The van der Waals surface area contributed by atoms with Crippen molar-refractivity contribution in [3.05, 3.63) is 0 Å². The van der Waals surface area contributed by atoms with Crippen LogP contribution in [0.1, 0.15) is 34.1 Å². The van der Waals surface area contributed by atoms with E-state index in [4.69, 9.17) is 19.3 Å². The monoisotopic (exact) mass is 319 g/mol. The van der Waals surface area contributed by atoms with E-state index in [0.29, 0.717) is 0 Å². The maximum absolute atomic E-state index is 12.0. The predicted molar refractivity (Wildman–Crippen MR) is 77.5 cm³/mol. The first-order valence-electron chi connectivity index (χ1n) is 7.08. The van der Waals surface area contributed by atoms with Crippen molar-refractivity contribution in [2.24, 2.45) is 0 Å². The third kappa shape index (κ3) is 10.9. The molecule has 0 aromatic heterocycles. The van der Waals surface area contributed by atoms with Gasteiger partial charge < -0.3 is 24.2 Å². The van der Waals surface area contributed by atoms with Crippen LogP contribution in [-0.2, 0) is 23.8 Å². The van der Waals surface area contributed by atoms with Gasteiger partial charge in [0.25, 0.3) is 0 Å². The molecule has 128 valence electrons. The summed E-state index contributed by atoms with van der Waals surface area (Å²) in [4.78, 5) is 35.1. The van der Waals surface area contributed by atoms with Gasteiger partial charge in [0, 0.05) is 13.1 Å². The third-order valence-corrected chi connectivity index (χ3v) is 2.27. The van der Waals surface area contributed by atoms with Gasteiger partial charge in [-0.2, -0.15) is 0 Å². The van der Waals surface area contributed by atoms with Gasteiger partial charge in [0.15, 0.2) is 0 Å². The molecule has 0 rings (SSSR count). The van der Waals surface area contributed by atoms with E-state index in [1.807, 2.05) is 0 Å². The molecule has 0 aromatic carbocycles. The van der Waals surface area contributed by atoms with Crippen LogP contribution < -0.4 is 0 Å². The number of hydrogen-bond acceptors (Lipinski definition) is 6. The largest absolute Gasteiger partial charge is 0.480 e. The lowest BCUT2D eigenvalue weighted by molar-refractivity contribution is -0.143. The predicted octanol–water partition coefficient (Wildman–Crippen LogP) is 1.28. The summed E-state index contributed by atoms with van der Waals surface area (Å²) in [5.74, 6) is -1.50. The Morgan fingerprint density at radius 2 is 1.77 bits per heavy atom. The van der Waals surface area contributed by atoms with Crippen LogP contribution in [0.2, 0.25) is 0 Å². The lowest BCUT2D eigenvalue weighted by Crippen LogP contribution is -2.40. The Hall–Kier alpha value is -1.83. The lowest BCUT2D eigenvalue weighted by Gasteiger charge is -2.27. The highest BCUT2D eigenvalue weighted by Crippen LogP contribution is 2.10. The van der Waals surface area contributed by atoms with Crippen molar-refractivity contribution in [2.75, 3.05) is 32.9 Å². The topological polar surface area (TPSA) is 102 Å². The standard InChI is InChI=1S/C14H25NO7/c1-5-21-12(18)6-7-15(8-9-20-10-11(16)17)13(19)22-14(2,3)4/h5-10H2,1-4H3,(H,16,17). The van der Waals surface area contributed by atoms with Gasteiger partial charge >= 0.3 is 18.0 Å². The number of nitrogens with zero attached hydrogens (tertiary/aromatic N) is 1. The molecule has 0 aliphatic heterocycles. The van der Waals surface area contributed by atoms with E-state index in [-0.39, 0.29) is 32.7 Å². The van der Waals surface area contributed by atoms with Crippen molar-refractivity contribution in [1.29, 1.82) is 0 Å². The summed E-state index contributed by atoms with van der Waals surface area (Å²) in [5, 5.41) is 8.48. The van der Waals surface area contributed by atoms with Crippen LogP contribution >= 0.6 is 0 Å². The lowest BCUT2D eigenvalue weighted by atomic mass is 10.2. The Morgan fingerprint density at radius 3 is 2.27 bits per heavy atom. The molecule has 0 aromatic rings. The molecule has 1 N–H and O–H groups in total. The minimum Gasteiger partial charge on any atom is -0.480 e. The highest BCUT2D eigenvalue weighted by atomic mass is 16.6. The van der Waals surface area contributed by atoms with Gasteiger partial charge in [-0.15, -0.1) is 0 Å². The number of carboxylic acid groups (broad SMARTS) is 1. The molecule has 0 unspecified atom stereocenters. The van der Waals surface area contributed by atoms with Crippen molar-refractivity contribution in [3.63, 3.8) is 0 Å². The molecule has 0 radical (unpaired) electrons. The molecule has 8 heteroatoms. The van der Waals surface area contributed by atoms with Crippen molar-refractivity contribution >= 4 is 18.0 Å². The summed E-state index contributed by atoms with van der Waals surface area (Å²) in [6, 6.07) is 0. The Bertz CT molecular complexity index is 376. The van der Waals surface area contributed by atoms with Crippen molar-refractivity contribution in [2.45, 2.75) is 39.7 Å². The van der Waals surface area contributed by atoms with Crippen LogP contribution in [-0.4, -0.2) is 66.5 Å². The van der Waals surface area contributed by atoms with Gasteiger partial charge in [0.2, 0.25) is 0 Å². The van der Waals surface area contributed by atoms with Crippen LogP contribution in [0.5, 0.6) is 0 Å². The number of ether oxygens (including phenoxy) is 3. The third-order valence-electron chi connectivity index (χ3n) is 2.27. The number of esters is 1. The number of carboxylic acids is 1. The minimum absolute atomic E-state index is 0.0337. The molecular formula is C14H25NO7. The summed E-state index contributed by atoms with van der Waals surface area (Å²) in [6.45, 7) is 7.00. The summed E-state index contributed by atoms with van der Waals surface area (Å²) >= 11 is 0. The van der Waals surface area contributed by atoms with E-state index < -0.39 is 30.2 Å².